The van der Waals surface area contributed by atoms with Crippen molar-refractivity contribution in [2.45, 2.75) is 19.4 Å². The van der Waals surface area contributed by atoms with E-state index in [1.54, 1.807) is 31.2 Å². The number of pyridine rings is 1. The third-order valence-corrected chi connectivity index (χ3v) is 6.14. The molecule has 3 rings (SSSR count). The number of sulfone groups is 1. The second-order valence-electron chi connectivity index (χ2n) is 7.43. The Hall–Kier alpha value is -3.49. The highest BCUT2D eigenvalue weighted by Crippen LogP contribution is 2.29. The largest absolute Gasteiger partial charge is 0.382 e. The first-order valence-electron chi connectivity index (χ1n) is 9.93. The van der Waals surface area contributed by atoms with Crippen molar-refractivity contribution >= 4 is 49.9 Å². The van der Waals surface area contributed by atoms with Gasteiger partial charge >= 0.3 is 0 Å². The van der Waals surface area contributed by atoms with Crippen molar-refractivity contribution in [3.63, 3.8) is 0 Å². The first kappa shape index (κ1) is 24.2. The minimum Gasteiger partial charge on any atom is -0.382 e. The van der Waals surface area contributed by atoms with Crippen molar-refractivity contribution < 1.29 is 13.2 Å². The summed E-state index contributed by atoms with van der Waals surface area (Å²) in [5.41, 5.74) is 7.01. The molecule has 0 unspecified atom stereocenters. The van der Waals surface area contributed by atoms with E-state index < -0.39 is 21.8 Å². The number of rotatable bonds is 8. The van der Waals surface area contributed by atoms with Gasteiger partial charge in [-0.3, -0.25) is 4.79 Å². The molecule has 1 amide bonds. The molecule has 0 bridgehead atoms. The number of carbonyl (C=O) groups is 1. The summed E-state index contributed by atoms with van der Waals surface area (Å²) >= 11 is 6.32. The zero-order valence-electron chi connectivity index (χ0n) is 18.0. The number of nitriles is 1. The Balaban J connectivity index is 1.96. The maximum absolute atomic E-state index is 13.0. The molecule has 172 valence electrons. The number of benzene rings is 1. The number of fused-ring (bicyclic) bond motifs is 1. The number of aromatic nitrogens is 3. The lowest BCUT2D eigenvalue weighted by molar-refractivity contribution is 0.0952. The van der Waals surface area contributed by atoms with Gasteiger partial charge in [-0.05, 0) is 25.5 Å². The van der Waals surface area contributed by atoms with Crippen LogP contribution in [0, 0.1) is 11.3 Å². The van der Waals surface area contributed by atoms with Gasteiger partial charge in [-0.2, -0.15) is 5.26 Å². The van der Waals surface area contributed by atoms with E-state index in [4.69, 9.17) is 17.3 Å². The molecule has 0 fully saturated rings. The van der Waals surface area contributed by atoms with E-state index in [0.29, 0.717) is 21.6 Å². The molecule has 2 aromatic heterocycles. The third kappa shape index (κ3) is 5.85. The molecule has 1 atom stereocenters. The summed E-state index contributed by atoms with van der Waals surface area (Å²) in [4.78, 5) is 25.5. The topological polar surface area (TPSA) is 164 Å². The molecular formula is C21H22ClN7O3S. The molecule has 0 aliphatic rings. The van der Waals surface area contributed by atoms with Crippen molar-refractivity contribution in [3.05, 3.63) is 52.4 Å². The minimum atomic E-state index is -3.12. The fourth-order valence-electron chi connectivity index (χ4n) is 3.21. The number of amides is 1. The second-order valence-corrected chi connectivity index (χ2v) is 10.1. The molecule has 1 aromatic carbocycles. The molecule has 4 N–H and O–H groups in total. The first-order chi connectivity index (χ1) is 15.6. The molecule has 12 heteroatoms. The number of hydrogen-bond acceptors (Lipinski definition) is 9. The summed E-state index contributed by atoms with van der Waals surface area (Å²) in [7, 11) is -3.12. The van der Waals surface area contributed by atoms with Crippen LogP contribution in [0.25, 0.3) is 10.9 Å². The lowest BCUT2D eigenvalue weighted by Crippen LogP contribution is -2.28. The van der Waals surface area contributed by atoms with Crippen molar-refractivity contribution in [2.24, 2.45) is 0 Å². The summed E-state index contributed by atoms with van der Waals surface area (Å²) in [6.07, 6.45) is 2.66. The number of nitrogens with one attached hydrogen (secondary N) is 2. The number of halogens is 1. The Morgan fingerprint density at radius 3 is 2.79 bits per heavy atom. The Labute approximate surface area is 196 Å². The van der Waals surface area contributed by atoms with Gasteiger partial charge in [0.15, 0.2) is 0 Å². The summed E-state index contributed by atoms with van der Waals surface area (Å²) in [6, 6.07) is 8.31. The number of para-hydroxylation sites is 1. The third-order valence-electron chi connectivity index (χ3n) is 4.80. The average molecular weight is 488 g/mol. The number of hydrogen-bond donors (Lipinski definition) is 3. The van der Waals surface area contributed by atoms with Crippen LogP contribution in [0.1, 0.15) is 41.0 Å². The molecule has 33 heavy (non-hydrogen) atoms. The standard InChI is InChI=1S/C21H22ClN7O3S/c1-12(28-20-15(10-23)19(24)26-11-27-20)17-14(21(30)25-7-4-8-33(2,31)32)9-13-5-3-6-16(22)18(13)29-17/h3,5-6,9,11-12H,4,7-8H2,1-2H3,(H,25,30)(H3,24,26,27,28)/t12-/m0/s1. The fraction of sp³-hybridized carbons (Fsp3) is 0.286. The maximum Gasteiger partial charge on any atom is 0.253 e. The van der Waals surface area contributed by atoms with Crippen LogP contribution >= 0.6 is 11.6 Å². The maximum atomic E-state index is 13.0. The Morgan fingerprint density at radius 1 is 1.33 bits per heavy atom. The number of anilines is 2. The molecule has 3 aromatic rings. The highest BCUT2D eigenvalue weighted by atomic mass is 35.5. The number of nitrogens with zero attached hydrogens (tertiary/aromatic N) is 4. The molecule has 0 spiro atoms. The number of nitrogens with two attached hydrogens (primary N) is 1. The van der Waals surface area contributed by atoms with E-state index in [1.165, 1.54) is 6.33 Å². The van der Waals surface area contributed by atoms with E-state index in [2.05, 4.69) is 25.6 Å². The lowest BCUT2D eigenvalue weighted by Gasteiger charge is -2.19. The van der Waals surface area contributed by atoms with E-state index in [9.17, 15) is 18.5 Å². The smallest absolute Gasteiger partial charge is 0.253 e. The van der Waals surface area contributed by atoms with Gasteiger partial charge < -0.3 is 16.4 Å². The van der Waals surface area contributed by atoms with Crippen LogP contribution in [-0.4, -0.2) is 47.8 Å². The summed E-state index contributed by atoms with van der Waals surface area (Å²) < 4.78 is 22.7. The zero-order chi connectivity index (χ0) is 24.2. The fourth-order valence-corrected chi connectivity index (χ4v) is 4.11. The Kier molecular flexibility index (Phi) is 7.30. The molecule has 0 aliphatic heterocycles. The van der Waals surface area contributed by atoms with Gasteiger partial charge in [-0.25, -0.2) is 23.4 Å². The van der Waals surface area contributed by atoms with E-state index >= 15 is 0 Å². The molecule has 0 aliphatic carbocycles. The van der Waals surface area contributed by atoms with Gasteiger partial charge in [0.2, 0.25) is 0 Å². The zero-order valence-corrected chi connectivity index (χ0v) is 19.5. The molecule has 0 saturated carbocycles. The van der Waals surface area contributed by atoms with Crippen LogP contribution in [0.15, 0.2) is 30.6 Å². The van der Waals surface area contributed by atoms with Gasteiger partial charge in [-0.1, -0.05) is 23.7 Å². The molecule has 0 saturated heterocycles. The molecule has 10 nitrogen and oxygen atoms in total. The average Bonchev–Trinajstić information content (AvgIpc) is 2.75. The van der Waals surface area contributed by atoms with Crippen LogP contribution in [0.2, 0.25) is 5.02 Å². The van der Waals surface area contributed by atoms with Crippen LogP contribution in [0.5, 0.6) is 0 Å². The SMILES string of the molecule is C[C@H](Nc1ncnc(N)c1C#N)c1nc2c(Cl)cccc2cc1C(=O)NCCCS(C)(=O)=O. The number of nitrogen functional groups attached to an aromatic ring is 1. The van der Waals surface area contributed by atoms with Crippen LogP contribution < -0.4 is 16.4 Å². The normalized spacial score (nSPS) is 12.2. The summed E-state index contributed by atoms with van der Waals surface area (Å²) in [6.45, 7) is 1.94. The summed E-state index contributed by atoms with van der Waals surface area (Å²) in [5, 5.41) is 16.3. The van der Waals surface area contributed by atoms with E-state index in [-0.39, 0.29) is 41.5 Å². The first-order valence-corrected chi connectivity index (χ1v) is 12.4. The van der Waals surface area contributed by atoms with Gasteiger partial charge in [-0.15, -0.1) is 0 Å². The van der Waals surface area contributed by atoms with Crippen molar-refractivity contribution in [1.29, 1.82) is 5.26 Å². The second kappa shape index (κ2) is 9.97. The van der Waals surface area contributed by atoms with Crippen molar-refractivity contribution in [1.82, 2.24) is 20.3 Å². The highest BCUT2D eigenvalue weighted by molar-refractivity contribution is 7.90. The highest BCUT2D eigenvalue weighted by Gasteiger charge is 2.22. The minimum absolute atomic E-state index is 0.0283. The van der Waals surface area contributed by atoms with Crippen LogP contribution in [-0.2, 0) is 9.84 Å². The Morgan fingerprint density at radius 2 is 2.09 bits per heavy atom. The van der Waals surface area contributed by atoms with Gasteiger partial charge in [0, 0.05) is 18.2 Å². The van der Waals surface area contributed by atoms with Crippen molar-refractivity contribution in [3.8, 4) is 6.07 Å². The predicted molar refractivity (Wildman–Crippen MR) is 127 cm³/mol. The number of carbonyl (C=O) groups excluding carboxylic acids is 1. The molecule has 2 heterocycles. The monoisotopic (exact) mass is 487 g/mol. The lowest BCUT2D eigenvalue weighted by atomic mass is 10.0. The molecule has 0 radical (unpaired) electrons. The van der Waals surface area contributed by atoms with Crippen LogP contribution in [0.3, 0.4) is 0 Å². The molecular weight excluding hydrogens is 466 g/mol. The van der Waals surface area contributed by atoms with E-state index in [0.717, 1.165) is 6.26 Å². The van der Waals surface area contributed by atoms with Gasteiger partial charge in [0.05, 0.1) is 33.6 Å². The Bertz CT molecular complexity index is 1360. The predicted octanol–water partition coefficient (Wildman–Crippen LogP) is 2.47. The van der Waals surface area contributed by atoms with Crippen molar-refractivity contribution in [2.75, 3.05) is 29.6 Å². The van der Waals surface area contributed by atoms with E-state index in [1.807, 2.05) is 6.07 Å². The van der Waals surface area contributed by atoms with Gasteiger partial charge in [0.1, 0.15) is 39.4 Å². The van der Waals surface area contributed by atoms with Crippen LogP contribution in [0.4, 0.5) is 11.6 Å². The van der Waals surface area contributed by atoms with Gasteiger partial charge in [0.25, 0.3) is 5.91 Å². The summed E-state index contributed by atoms with van der Waals surface area (Å²) in [5.74, 6) is -0.210. The quantitative estimate of drug-likeness (QED) is 0.404.